The highest BCUT2D eigenvalue weighted by Gasteiger charge is 2.37. The molecule has 3 heterocycles. The fourth-order valence-corrected chi connectivity index (χ4v) is 5.25. The molecule has 3 aromatic heterocycles. The van der Waals surface area contributed by atoms with Crippen LogP contribution in [0.4, 0.5) is 0 Å². The third-order valence-corrected chi connectivity index (χ3v) is 6.91. The van der Waals surface area contributed by atoms with Crippen LogP contribution in [0.2, 0.25) is 0 Å². The van der Waals surface area contributed by atoms with Crippen LogP contribution in [0.1, 0.15) is 36.1 Å². The third kappa shape index (κ3) is 2.40. The first-order valence-corrected chi connectivity index (χ1v) is 10.8. The average molecular weight is 406 g/mol. The molecule has 152 valence electrons. The third-order valence-electron chi connectivity index (χ3n) is 6.91. The van der Waals surface area contributed by atoms with E-state index in [-0.39, 0.29) is 5.41 Å². The molecule has 1 aliphatic carbocycles. The molecule has 0 saturated heterocycles. The Kier molecular flexibility index (Phi) is 3.57. The summed E-state index contributed by atoms with van der Waals surface area (Å²) in [6.45, 7) is 8.84. The minimum absolute atomic E-state index is 0.0758. The van der Waals surface area contributed by atoms with Gasteiger partial charge in [0, 0.05) is 33.4 Å². The maximum Gasteiger partial charge on any atom is 0.227 e. The minimum atomic E-state index is -0.0758. The van der Waals surface area contributed by atoms with Gasteiger partial charge in [-0.2, -0.15) is 0 Å². The van der Waals surface area contributed by atoms with E-state index in [4.69, 9.17) is 9.40 Å². The number of fused-ring (bicyclic) bond motifs is 6. The summed E-state index contributed by atoms with van der Waals surface area (Å²) in [5.74, 6) is 0. The van der Waals surface area contributed by atoms with E-state index in [0.717, 1.165) is 33.3 Å². The quantitative estimate of drug-likeness (QED) is 0.302. The fraction of sp³-hybridized carbons (Fsp3) is 0.214. The summed E-state index contributed by atoms with van der Waals surface area (Å²) in [7, 11) is 2.09. The van der Waals surface area contributed by atoms with E-state index in [1.54, 1.807) is 0 Å². The Morgan fingerprint density at radius 1 is 0.903 bits per heavy atom. The molecule has 1 aliphatic rings. The largest absolute Gasteiger partial charge is 0.437 e. The van der Waals surface area contributed by atoms with Crippen molar-refractivity contribution in [3.05, 3.63) is 83.0 Å². The molecule has 0 atom stereocenters. The molecule has 0 unspecified atom stereocenters. The number of rotatable bonds is 1. The van der Waals surface area contributed by atoms with Crippen molar-refractivity contribution in [3.8, 4) is 22.5 Å². The molecule has 5 aromatic rings. The molecule has 0 N–H and O–H groups in total. The van der Waals surface area contributed by atoms with Crippen molar-refractivity contribution in [2.24, 2.45) is 7.05 Å². The van der Waals surface area contributed by atoms with Crippen molar-refractivity contribution in [2.45, 2.75) is 33.1 Å². The van der Waals surface area contributed by atoms with E-state index >= 15 is 0 Å². The Morgan fingerprint density at radius 3 is 2.52 bits per heavy atom. The Morgan fingerprint density at radius 2 is 1.71 bits per heavy atom. The van der Waals surface area contributed by atoms with Crippen LogP contribution < -0.4 is 4.57 Å². The number of aryl methyl sites for hydroxylation is 3. The number of pyridine rings is 2. The molecule has 0 fully saturated rings. The maximum absolute atomic E-state index is 6.49. The van der Waals surface area contributed by atoms with Gasteiger partial charge < -0.3 is 4.42 Å². The topological polar surface area (TPSA) is 29.9 Å². The minimum Gasteiger partial charge on any atom is -0.437 e. The maximum atomic E-state index is 6.49. The zero-order chi connectivity index (χ0) is 21.5. The highest BCUT2D eigenvalue weighted by Crippen LogP contribution is 2.49. The van der Waals surface area contributed by atoms with Gasteiger partial charge in [-0.25, -0.2) is 9.55 Å². The van der Waals surface area contributed by atoms with Gasteiger partial charge in [0.25, 0.3) is 0 Å². The zero-order valence-corrected chi connectivity index (χ0v) is 18.6. The van der Waals surface area contributed by atoms with Crippen LogP contribution in [-0.2, 0) is 12.5 Å². The SMILES string of the molecule is Cc1ccc(-c2c(C)ccc3c2oc2nc4c(cc23)C(C)(C)c2ccccc2-4)[n+](C)c1. The molecule has 6 rings (SSSR count). The Labute approximate surface area is 182 Å². The average Bonchev–Trinajstić information content (AvgIpc) is 3.21. The molecular formula is C28H25N2O+. The van der Waals surface area contributed by atoms with Crippen molar-refractivity contribution in [3.63, 3.8) is 0 Å². The Balaban J connectivity index is 1.69. The van der Waals surface area contributed by atoms with E-state index < -0.39 is 0 Å². The van der Waals surface area contributed by atoms with Gasteiger partial charge in [-0.15, -0.1) is 0 Å². The summed E-state index contributed by atoms with van der Waals surface area (Å²) >= 11 is 0. The molecular weight excluding hydrogens is 380 g/mol. The second-order valence-corrected chi connectivity index (χ2v) is 9.35. The van der Waals surface area contributed by atoms with E-state index in [0.29, 0.717) is 5.71 Å². The molecule has 0 amide bonds. The Hall–Kier alpha value is -3.46. The number of hydrogen-bond acceptors (Lipinski definition) is 2. The Bertz CT molecular complexity index is 1540. The van der Waals surface area contributed by atoms with Gasteiger partial charge in [0.15, 0.2) is 11.8 Å². The van der Waals surface area contributed by atoms with Crippen LogP contribution in [0.5, 0.6) is 0 Å². The molecule has 3 heteroatoms. The first-order valence-electron chi connectivity index (χ1n) is 10.8. The van der Waals surface area contributed by atoms with Crippen molar-refractivity contribution in [1.29, 1.82) is 0 Å². The summed E-state index contributed by atoms with van der Waals surface area (Å²) in [6, 6.07) is 19.6. The molecule has 0 radical (unpaired) electrons. The smallest absolute Gasteiger partial charge is 0.227 e. The highest BCUT2D eigenvalue weighted by atomic mass is 16.3. The highest BCUT2D eigenvalue weighted by molar-refractivity contribution is 6.09. The second kappa shape index (κ2) is 6.04. The van der Waals surface area contributed by atoms with Gasteiger partial charge >= 0.3 is 0 Å². The van der Waals surface area contributed by atoms with Crippen LogP contribution in [0.25, 0.3) is 44.6 Å². The van der Waals surface area contributed by atoms with Crippen molar-refractivity contribution in [2.75, 3.05) is 0 Å². The fourth-order valence-electron chi connectivity index (χ4n) is 5.25. The van der Waals surface area contributed by atoms with Crippen LogP contribution in [-0.4, -0.2) is 4.98 Å². The molecule has 31 heavy (non-hydrogen) atoms. The lowest BCUT2D eigenvalue weighted by atomic mass is 9.82. The lowest BCUT2D eigenvalue weighted by Gasteiger charge is -2.20. The van der Waals surface area contributed by atoms with E-state index in [1.165, 1.54) is 27.8 Å². The molecule has 0 saturated carbocycles. The normalized spacial score (nSPS) is 14.2. The first-order chi connectivity index (χ1) is 14.9. The zero-order valence-electron chi connectivity index (χ0n) is 18.6. The lowest BCUT2D eigenvalue weighted by Crippen LogP contribution is -2.31. The van der Waals surface area contributed by atoms with Gasteiger partial charge in [0.05, 0.1) is 11.3 Å². The number of nitrogens with zero attached hydrogens (tertiary/aromatic N) is 2. The van der Waals surface area contributed by atoms with E-state index in [1.807, 2.05) is 0 Å². The van der Waals surface area contributed by atoms with Crippen molar-refractivity contribution in [1.82, 2.24) is 4.98 Å². The summed E-state index contributed by atoms with van der Waals surface area (Å²) in [5, 5.41) is 2.21. The van der Waals surface area contributed by atoms with Crippen LogP contribution in [0.15, 0.2) is 65.2 Å². The number of aromatic nitrogens is 2. The molecule has 3 nitrogen and oxygen atoms in total. The van der Waals surface area contributed by atoms with E-state index in [2.05, 4.69) is 100 Å². The van der Waals surface area contributed by atoms with E-state index in [9.17, 15) is 0 Å². The second-order valence-electron chi connectivity index (χ2n) is 9.35. The van der Waals surface area contributed by atoms with Crippen LogP contribution in [0.3, 0.4) is 0 Å². The summed E-state index contributed by atoms with van der Waals surface area (Å²) < 4.78 is 8.67. The van der Waals surface area contributed by atoms with Gasteiger partial charge in [0.2, 0.25) is 11.4 Å². The molecule has 2 aromatic carbocycles. The molecule has 0 spiro atoms. The van der Waals surface area contributed by atoms with Crippen LogP contribution >= 0.6 is 0 Å². The van der Waals surface area contributed by atoms with Gasteiger partial charge in [0.1, 0.15) is 7.05 Å². The summed E-state index contributed by atoms with van der Waals surface area (Å²) in [6.07, 6.45) is 2.16. The first kappa shape index (κ1) is 18.3. The molecule has 0 bridgehead atoms. The number of hydrogen-bond donors (Lipinski definition) is 0. The monoisotopic (exact) mass is 405 g/mol. The predicted octanol–water partition coefficient (Wildman–Crippen LogP) is 6.40. The van der Waals surface area contributed by atoms with Gasteiger partial charge in [-0.1, -0.05) is 50.2 Å². The van der Waals surface area contributed by atoms with Crippen molar-refractivity contribution < 1.29 is 8.98 Å². The number of benzene rings is 2. The predicted molar refractivity (Wildman–Crippen MR) is 125 cm³/mol. The number of furan rings is 1. The molecule has 0 aliphatic heterocycles. The van der Waals surface area contributed by atoms with Crippen LogP contribution in [0, 0.1) is 13.8 Å². The van der Waals surface area contributed by atoms with Crippen molar-refractivity contribution >= 4 is 22.1 Å². The van der Waals surface area contributed by atoms with Gasteiger partial charge in [-0.3, -0.25) is 0 Å². The standard InChI is InChI=1S/C28H25N2O/c1-16-10-13-23(30(5)15-16)24-17(2)11-12-18-20-14-22-25(29-27(20)31-26(18)24)19-8-6-7-9-21(19)28(22,3)4/h6-15H,1-5H3/q+1. The summed E-state index contributed by atoms with van der Waals surface area (Å²) in [4.78, 5) is 5.06. The summed E-state index contributed by atoms with van der Waals surface area (Å²) in [5.41, 5.74) is 11.1. The van der Waals surface area contributed by atoms with Gasteiger partial charge in [-0.05, 0) is 42.7 Å². The lowest BCUT2D eigenvalue weighted by molar-refractivity contribution is -0.660.